The molecule has 142 valence electrons. The first-order valence-corrected chi connectivity index (χ1v) is 9.01. The first-order chi connectivity index (χ1) is 12.6. The molecule has 0 radical (unpaired) electrons. The number of anilines is 1. The van der Waals surface area contributed by atoms with Gasteiger partial charge in [0.1, 0.15) is 6.61 Å². The Morgan fingerprint density at radius 3 is 2.62 bits per heavy atom. The number of piperidine rings is 2. The standard InChI is InChI=1S/C18H26FN5O2/c1-23-6-2-3-18(16(23)25)4-7-24(8-5-18)17-21-11-15(12-22-17)26-13-14(9-19)10-20/h9,11-12H,2-8,10,13,20H2,1H3/b14-9+. The number of nitrogens with zero attached hydrogens (tertiary/aromatic N) is 4. The first kappa shape index (κ1) is 18.6. The van der Waals surface area contributed by atoms with E-state index in [2.05, 4.69) is 14.9 Å². The Hall–Kier alpha value is -2.22. The fraction of sp³-hybridized carbons (Fsp3) is 0.611. The van der Waals surface area contributed by atoms with Crippen molar-refractivity contribution in [1.29, 1.82) is 0 Å². The van der Waals surface area contributed by atoms with Crippen molar-refractivity contribution >= 4 is 11.9 Å². The zero-order chi connectivity index (χ0) is 18.6. The van der Waals surface area contributed by atoms with Crippen LogP contribution in [0.4, 0.5) is 10.3 Å². The smallest absolute Gasteiger partial charge is 0.228 e. The van der Waals surface area contributed by atoms with Gasteiger partial charge < -0.3 is 20.3 Å². The molecule has 2 N–H and O–H groups in total. The van der Waals surface area contributed by atoms with E-state index in [1.807, 2.05) is 11.9 Å². The van der Waals surface area contributed by atoms with E-state index in [1.54, 1.807) is 12.4 Å². The van der Waals surface area contributed by atoms with Crippen LogP contribution in [0, 0.1) is 5.41 Å². The van der Waals surface area contributed by atoms with E-state index in [1.165, 1.54) is 0 Å². The summed E-state index contributed by atoms with van der Waals surface area (Å²) in [4.78, 5) is 25.3. The minimum absolute atomic E-state index is 0.0809. The highest BCUT2D eigenvalue weighted by molar-refractivity contribution is 5.83. The van der Waals surface area contributed by atoms with Crippen LogP contribution < -0.4 is 15.4 Å². The summed E-state index contributed by atoms with van der Waals surface area (Å²) in [7, 11) is 1.89. The molecule has 2 fully saturated rings. The van der Waals surface area contributed by atoms with E-state index >= 15 is 0 Å². The third-order valence-corrected chi connectivity index (χ3v) is 5.41. The molecule has 2 aliphatic rings. The van der Waals surface area contributed by atoms with Gasteiger partial charge in [-0.15, -0.1) is 0 Å². The van der Waals surface area contributed by atoms with Crippen molar-refractivity contribution in [2.24, 2.45) is 11.1 Å². The maximum Gasteiger partial charge on any atom is 0.228 e. The molecule has 0 atom stereocenters. The molecule has 3 heterocycles. The summed E-state index contributed by atoms with van der Waals surface area (Å²) in [5.41, 5.74) is 5.56. The molecule has 2 aliphatic heterocycles. The summed E-state index contributed by atoms with van der Waals surface area (Å²) in [5, 5.41) is 0. The highest BCUT2D eigenvalue weighted by atomic mass is 19.1. The number of carbonyl (C=O) groups excluding carboxylic acids is 1. The van der Waals surface area contributed by atoms with E-state index in [0.29, 0.717) is 23.6 Å². The zero-order valence-corrected chi connectivity index (χ0v) is 15.2. The van der Waals surface area contributed by atoms with Crippen LogP contribution in [-0.2, 0) is 4.79 Å². The van der Waals surface area contributed by atoms with Gasteiger partial charge in [0, 0.05) is 38.8 Å². The van der Waals surface area contributed by atoms with Gasteiger partial charge in [-0.1, -0.05) is 0 Å². The molecule has 0 saturated carbocycles. The molecule has 8 heteroatoms. The Balaban J connectivity index is 1.57. The highest BCUT2D eigenvalue weighted by Crippen LogP contribution is 2.41. The second kappa shape index (κ2) is 7.99. The van der Waals surface area contributed by atoms with Crippen molar-refractivity contribution in [3.8, 4) is 5.75 Å². The van der Waals surface area contributed by atoms with Gasteiger partial charge >= 0.3 is 0 Å². The van der Waals surface area contributed by atoms with Crippen LogP contribution in [0.1, 0.15) is 25.7 Å². The molecule has 0 aliphatic carbocycles. The molecule has 0 unspecified atom stereocenters. The van der Waals surface area contributed by atoms with E-state index in [-0.39, 0.29) is 24.5 Å². The quantitative estimate of drug-likeness (QED) is 0.854. The fourth-order valence-corrected chi connectivity index (χ4v) is 3.72. The largest absolute Gasteiger partial charge is 0.486 e. The molecular formula is C18H26FN5O2. The fourth-order valence-electron chi connectivity index (χ4n) is 3.72. The number of ether oxygens (including phenoxy) is 1. The highest BCUT2D eigenvalue weighted by Gasteiger charge is 2.44. The minimum atomic E-state index is -0.204. The van der Waals surface area contributed by atoms with Crippen LogP contribution in [0.15, 0.2) is 24.3 Å². The molecule has 1 amide bonds. The van der Waals surface area contributed by atoms with Gasteiger partial charge in [-0.3, -0.25) is 4.79 Å². The average Bonchev–Trinajstić information content (AvgIpc) is 2.68. The molecule has 1 aromatic heterocycles. The van der Waals surface area contributed by atoms with Crippen LogP contribution in [0.2, 0.25) is 0 Å². The number of carbonyl (C=O) groups is 1. The third kappa shape index (κ3) is 3.80. The van der Waals surface area contributed by atoms with Crippen LogP contribution in [0.3, 0.4) is 0 Å². The van der Waals surface area contributed by atoms with Gasteiger partial charge in [0.2, 0.25) is 11.9 Å². The molecule has 7 nitrogen and oxygen atoms in total. The van der Waals surface area contributed by atoms with Crippen LogP contribution in [-0.4, -0.2) is 60.6 Å². The van der Waals surface area contributed by atoms with E-state index < -0.39 is 0 Å². The van der Waals surface area contributed by atoms with Gasteiger partial charge in [0.05, 0.1) is 24.1 Å². The van der Waals surface area contributed by atoms with Crippen LogP contribution in [0.5, 0.6) is 5.75 Å². The van der Waals surface area contributed by atoms with E-state index in [4.69, 9.17) is 10.5 Å². The molecule has 1 spiro atoms. The zero-order valence-electron chi connectivity index (χ0n) is 15.2. The number of nitrogens with two attached hydrogens (primary N) is 1. The topological polar surface area (TPSA) is 84.6 Å². The minimum Gasteiger partial charge on any atom is -0.486 e. The van der Waals surface area contributed by atoms with Crippen LogP contribution in [0.25, 0.3) is 0 Å². The lowest BCUT2D eigenvalue weighted by Gasteiger charge is -2.45. The Labute approximate surface area is 153 Å². The Morgan fingerprint density at radius 1 is 1.31 bits per heavy atom. The number of hydrogen-bond donors (Lipinski definition) is 1. The molecule has 2 saturated heterocycles. The van der Waals surface area contributed by atoms with E-state index in [9.17, 15) is 9.18 Å². The molecular weight excluding hydrogens is 337 g/mol. The number of aromatic nitrogens is 2. The van der Waals surface area contributed by atoms with Crippen molar-refractivity contribution in [3.05, 3.63) is 24.3 Å². The van der Waals surface area contributed by atoms with Gasteiger partial charge in [-0.25, -0.2) is 14.4 Å². The normalized spacial score (nSPS) is 20.6. The van der Waals surface area contributed by atoms with Gasteiger partial charge in [0.25, 0.3) is 0 Å². The predicted molar refractivity (Wildman–Crippen MR) is 96.5 cm³/mol. The van der Waals surface area contributed by atoms with Crippen molar-refractivity contribution in [1.82, 2.24) is 14.9 Å². The first-order valence-electron chi connectivity index (χ1n) is 9.01. The number of halogens is 1. The van der Waals surface area contributed by atoms with Gasteiger partial charge in [-0.05, 0) is 25.7 Å². The summed E-state index contributed by atoms with van der Waals surface area (Å²) >= 11 is 0. The second-order valence-corrected chi connectivity index (χ2v) is 7.08. The van der Waals surface area contributed by atoms with Crippen molar-refractivity contribution in [3.63, 3.8) is 0 Å². The lowest BCUT2D eigenvalue weighted by molar-refractivity contribution is -0.146. The maximum atomic E-state index is 12.6. The average molecular weight is 363 g/mol. The second-order valence-electron chi connectivity index (χ2n) is 7.08. The summed E-state index contributed by atoms with van der Waals surface area (Å²) in [6.45, 7) is 2.58. The molecule has 3 rings (SSSR count). The number of hydrogen-bond acceptors (Lipinski definition) is 6. The lowest BCUT2D eigenvalue weighted by atomic mass is 9.72. The number of rotatable bonds is 5. The Bertz CT molecular complexity index is 656. The summed E-state index contributed by atoms with van der Waals surface area (Å²) in [6, 6.07) is 0. The summed E-state index contributed by atoms with van der Waals surface area (Å²) < 4.78 is 17.9. The van der Waals surface area contributed by atoms with Crippen molar-refractivity contribution in [2.75, 3.05) is 44.7 Å². The van der Waals surface area contributed by atoms with Gasteiger partial charge in [-0.2, -0.15) is 0 Å². The van der Waals surface area contributed by atoms with Gasteiger partial charge in [0.15, 0.2) is 5.75 Å². The molecule has 0 bridgehead atoms. The Morgan fingerprint density at radius 2 is 2.00 bits per heavy atom. The molecule has 0 aromatic carbocycles. The third-order valence-electron chi connectivity index (χ3n) is 5.41. The van der Waals surface area contributed by atoms with E-state index in [0.717, 1.165) is 45.3 Å². The number of likely N-dealkylation sites (tertiary alicyclic amines) is 1. The maximum absolute atomic E-state index is 12.6. The SMILES string of the molecule is CN1CCCC2(CCN(c3ncc(OC/C(=C/F)CN)cn3)CC2)C1=O. The molecule has 1 aromatic rings. The van der Waals surface area contributed by atoms with Crippen molar-refractivity contribution in [2.45, 2.75) is 25.7 Å². The lowest BCUT2D eigenvalue weighted by Crippen LogP contribution is -2.52. The summed E-state index contributed by atoms with van der Waals surface area (Å²) in [6.07, 6.45) is 7.34. The number of amides is 1. The predicted octanol–water partition coefficient (Wildman–Crippen LogP) is 1.51. The monoisotopic (exact) mass is 363 g/mol. The van der Waals surface area contributed by atoms with Crippen LogP contribution >= 0.6 is 0 Å². The molecule has 26 heavy (non-hydrogen) atoms. The summed E-state index contributed by atoms with van der Waals surface area (Å²) in [5.74, 6) is 1.38. The van der Waals surface area contributed by atoms with Crippen molar-refractivity contribution < 1.29 is 13.9 Å². The Kier molecular flexibility index (Phi) is 5.70.